The minimum Gasteiger partial charge on any atom is -0.467 e. The number of nitrogens with zero attached hydrogens (tertiary/aromatic N) is 3. The molecule has 0 saturated carbocycles. The number of benzene rings is 2. The molecule has 3 heterocycles. The van der Waals surface area contributed by atoms with E-state index < -0.39 is 0 Å². The normalized spacial score (nSPS) is 16.2. The Balaban J connectivity index is 1.40. The van der Waals surface area contributed by atoms with Gasteiger partial charge in [-0.05, 0) is 71.2 Å². The molecule has 0 bridgehead atoms. The lowest BCUT2D eigenvalue weighted by Crippen LogP contribution is -2.28. The van der Waals surface area contributed by atoms with Crippen LogP contribution in [0.15, 0.2) is 110 Å². The van der Waals surface area contributed by atoms with Gasteiger partial charge in [-0.15, -0.1) is 16.4 Å². The Morgan fingerprint density at radius 2 is 1.85 bits per heavy atom. The van der Waals surface area contributed by atoms with Gasteiger partial charge in [0.2, 0.25) is 0 Å². The first-order chi connectivity index (χ1) is 16.7. The summed E-state index contributed by atoms with van der Waals surface area (Å²) in [6, 6.07) is 24.7. The molecule has 1 saturated heterocycles. The number of furan rings is 1. The molecule has 1 aliphatic heterocycles. The molecule has 0 radical (unpaired) electrons. The van der Waals surface area contributed by atoms with Gasteiger partial charge in [0.25, 0.3) is 5.91 Å². The van der Waals surface area contributed by atoms with Gasteiger partial charge in [-0.25, -0.2) is 0 Å². The maximum atomic E-state index is 13.2. The van der Waals surface area contributed by atoms with E-state index in [0.29, 0.717) is 21.6 Å². The van der Waals surface area contributed by atoms with Gasteiger partial charge in [-0.1, -0.05) is 36.4 Å². The molecule has 168 valence electrons. The molecule has 0 N–H and O–H groups in total. The highest BCUT2D eigenvalue weighted by atomic mass is 32.2. The first-order valence-corrected chi connectivity index (χ1v) is 12.2. The zero-order valence-corrected chi connectivity index (χ0v) is 19.5. The van der Waals surface area contributed by atoms with Crippen molar-refractivity contribution < 1.29 is 13.9 Å². The van der Waals surface area contributed by atoms with Crippen LogP contribution in [0, 0.1) is 0 Å². The molecule has 4 aromatic rings. The van der Waals surface area contributed by atoms with E-state index in [1.807, 2.05) is 84.3 Å². The van der Waals surface area contributed by atoms with Crippen LogP contribution in [0.4, 0.5) is 0 Å². The van der Waals surface area contributed by atoms with Crippen LogP contribution in [0.1, 0.15) is 16.2 Å². The van der Waals surface area contributed by atoms with Gasteiger partial charge in [0.1, 0.15) is 17.3 Å². The Kier molecular flexibility index (Phi) is 6.69. The lowest BCUT2D eigenvalue weighted by Gasteiger charge is -2.12. The number of amidine groups is 1. The smallest absolute Gasteiger partial charge is 0.267 e. The summed E-state index contributed by atoms with van der Waals surface area (Å²) in [6.07, 6.45) is 5.11. The highest BCUT2D eigenvalue weighted by Gasteiger charge is 2.34. The van der Waals surface area contributed by atoms with Crippen molar-refractivity contribution in [1.82, 2.24) is 4.90 Å². The fourth-order valence-corrected chi connectivity index (χ4v) is 4.74. The summed E-state index contributed by atoms with van der Waals surface area (Å²) >= 11 is 2.86. The van der Waals surface area contributed by atoms with Gasteiger partial charge in [0, 0.05) is 4.88 Å². The molecular formula is C26H19N3O3S2. The van der Waals surface area contributed by atoms with Crippen molar-refractivity contribution in [3.63, 3.8) is 0 Å². The molecule has 1 aliphatic rings. The maximum absolute atomic E-state index is 13.2. The van der Waals surface area contributed by atoms with Crippen LogP contribution in [0.2, 0.25) is 0 Å². The van der Waals surface area contributed by atoms with Gasteiger partial charge in [0.05, 0.1) is 23.9 Å². The minimum atomic E-state index is -0.152. The number of thiophene rings is 1. The molecular weight excluding hydrogens is 466 g/mol. The number of carbonyl (C=O) groups is 1. The van der Waals surface area contributed by atoms with Crippen molar-refractivity contribution in [2.24, 2.45) is 10.2 Å². The Hall–Kier alpha value is -3.88. The highest BCUT2D eigenvalue weighted by Crippen LogP contribution is 2.34. The van der Waals surface area contributed by atoms with E-state index in [-0.39, 0.29) is 12.5 Å². The minimum absolute atomic E-state index is 0.152. The molecule has 34 heavy (non-hydrogen) atoms. The second-order valence-electron chi connectivity index (χ2n) is 7.21. The summed E-state index contributed by atoms with van der Waals surface area (Å²) in [5.41, 5.74) is 0.852. The van der Waals surface area contributed by atoms with Crippen LogP contribution in [-0.2, 0) is 11.3 Å². The summed E-state index contributed by atoms with van der Waals surface area (Å²) < 4.78 is 11.4. The number of carbonyl (C=O) groups excluding carboxylic acids is 1. The molecule has 0 spiro atoms. The molecule has 0 unspecified atom stereocenters. The molecule has 6 nitrogen and oxygen atoms in total. The lowest BCUT2D eigenvalue weighted by atomic mass is 10.2. The number of rotatable bonds is 7. The second kappa shape index (κ2) is 10.4. The zero-order valence-electron chi connectivity index (χ0n) is 17.9. The predicted molar refractivity (Wildman–Crippen MR) is 137 cm³/mol. The fraction of sp³-hybridized carbons (Fsp3) is 0.0385. The van der Waals surface area contributed by atoms with Gasteiger partial charge in [-0.3, -0.25) is 9.69 Å². The third-order valence-electron chi connectivity index (χ3n) is 4.79. The molecule has 1 fully saturated rings. The first kappa shape index (κ1) is 21.9. The number of thioether (sulfide) groups is 1. The third-order valence-corrected chi connectivity index (χ3v) is 6.59. The Labute approximate surface area is 204 Å². The molecule has 1 amide bonds. The second-order valence-corrected chi connectivity index (χ2v) is 9.20. The monoisotopic (exact) mass is 485 g/mol. The van der Waals surface area contributed by atoms with Crippen molar-refractivity contribution in [2.45, 2.75) is 6.54 Å². The van der Waals surface area contributed by atoms with Crippen LogP contribution in [0.5, 0.6) is 11.5 Å². The van der Waals surface area contributed by atoms with Crippen LogP contribution in [0.25, 0.3) is 6.08 Å². The van der Waals surface area contributed by atoms with Crippen molar-refractivity contribution >= 4 is 46.5 Å². The average molecular weight is 486 g/mol. The Morgan fingerprint density at radius 3 is 2.65 bits per heavy atom. The number of ether oxygens (including phenoxy) is 1. The molecule has 2 aromatic heterocycles. The van der Waals surface area contributed by atoms with E-state index in [1.165, 1.54) is 11.8 Å². The SMILES string of the molecule is O=C1/C(=C/c2cccc(Oc3ccccc3)c2)S/C(=N/N=C/c2cccs2)N1Cc1ccco1. The van der Waals surface area contributed by atoms with Crippen LogP contribution in [-0.4, -0.2) is 22.2 Å². The molecule has 8 heteroatoms. The molecule has 5 rings (SSSR count). The highest BCUT2D eigenvalue weighted by molar-refractivity contribution is 8.18. The number of hydrogen-bond acceptors (Lipinski definition) is 7. The number of hydrogen-bond donors (Lipinski definition) is 0. The van der Waals surface area contributed by atoms with Crippen molar-refractivity contribution in [3.05, 3.63) is 112 Å². The van der Waals surface area contributed by atoms with Crippen LogP contribution < -0.4 is 4.74 Å². The van der Waals surface area contributed by atoms with Crippen molar-refractivity contribution in [1.29, 1.82) is 0 Å². The summed E-state index contributed by atoms with van der Waals surface area (Å²) in [6.45, 7) is 0.278. The standard InChI is InChI=1S/C26H19N3O3S2/c30-25-24(16-19-7-4-10-21(15-19)32-20-8-2-1-3-9-20)34-26(28-27-17-23-12-6-14-33-23)29(25)18-22-11-5-13-31-22/h1-17H,18H2/b24-16-,27-17+,28-26+. The molecule has 0 atom stereocenters. The summed E-state index contributed by atoms with van der Waals surface area (Å²) in [5, 5.41) is 11.0. The van der Waals surface area contributed by atoms with Gasteiger partial charge in [-0.2, -0.15) is 5.10 Å². The maximum Gasteiger partial charge on any atom is 0.267 e. The Morgan fingerprint density at radius 1 is 0.971 bits per heavy atom. The van der Waals surface area contributed by atoms with E-state index in [1.54, 1.807) is 34.8 Å². The summed E-state index contributed by atoms with van der Waals surface area (Å²) in [4.78, 5) is 16.4. The quantitative estimate of drug-likeness (QED) is 0.167. The summed E-state index contributed by atoms with van der Waals surface area (Å²) in [7, 11) is 0. The largest absolute Gasteiger partial charge is 0.467 e. The van der Waals surface area contributed by atoms with E-state index in [0.717, 1.165) is 16.2 Å². The average Bonchev–Trinajstić information content (AvgIpc) is 3.61. The molecule has 0 aliphatic carbocycles. The Bertz CT molecular complexity index is 1350. The topological polar surface area (TPSA) is 67.4 Å². The van der Waals surface area contributed by atoms with Crippen LogP contribution >= 0.6 is 23.1 Å². The van der Waals surface area contributed by atoms with E-state index in [9.17, 15) is 4.79 Å². The van der Waals surface area contributed by atoms with Gasteiger partial charge in [0.15, 0.2) is 5.17 Å². The van der Waals surface area contributed by atoms with Crippen molar-refractivity contribution in [2.75, 3.05) is 0 Å². The van der Waals surface area contributed by atoms with Gasteiger partial charge >= 0.3 is 0 Å². The van der Waals surface area contributed by atoms with E-state index in [4.69, 9.17) is 9.15 Å². The first-order valence-electron chi connectivity index (χ1n) is 10.5. The fourth-order valence-electron chi connectivity index (χ4n) is 3.22. The lowest BCUT2D eigenvalue weighted by molar-refractivity contribution is -0.122. The third kappa shape index (κ3) is 5.36. The number of para-hydroxylation sites is 1. The predicted octanol–water partition coefficient (Wildman–Crippen LogP) is 6.64. The zero-order chi connectivity index (χ0) is 23.2. The van der Waals surface area contributed by atoms with Crippen LogP contribution in [0.3, 0.4) is 0 Å². The summed E-state index contributed by atoms with van der Waals surface area (Å²) in [5.74, 6) is 1.96. The van der Waals surface area contributed by atoms with Gasteiger partial charge < -0.3 is 9.15 Å². The van der Waals surface area contributed by atoms with E-state index >= 15 is 0 Å². The van der Waals surface area contributed by atoms with Crippen molar-refractivity contribution in [3.8, 4) is 11.5 Å². The van der Waals surface area contributed by atoms with E-state index in [2.05, 4.69) is 10.2 Å². The molecule has 2 aromatic carbocycles. The number of amides is 1.